The summed E-state index contributed by atoms with van der Waals surface area (Å²) in [6, 6.07) is 0.294. The maximum absolute atomic E-state index is 11.4. The first-order chi connectivity index (χ1) is 7.98. The van der Waals surface area contributed by atoms with Gasteiger partial charge in [0.15, 0.2) is 0 Å². The zero-order valence-electron chi connectivity index (χ0n) is 11.2. The fourth-order valence-corrected chi connectivity index (χ4v) is 3.69. The van der Waals surface area contributed by atoms with Gasteiger partial charge in [0.1, 0.15) is 9.84 Å². The maximum atomic E-state index is 11.4. The Kier molecular flexibility index (Phi) is 5.93. The van der Waals surface area contributed by atoms with E-state index in [4.69, 9.17) is 5.73 Å². The summed E-state index contributed by atoms with van der Waals surface area (Å²) in [6.07, 6.45) is 6.56. The Bertz CT molecular complexity index is 313. The van der Waals surface area contributed by atoms with Crippen LogP contribution in [0.2, 0.25) is 0 Å². The van der Waals surface area contributed by atoms with Crippen LogP contribution in [0.4, 0.5) is 0 Å². The molecule has 1 aliphatic carbocycles. The first-order valence-corrected chi connectivity index (χ1v) is 8.76. The Labute approximate surface area is 106 Å². The van der Waals surface area contributed by atoms with Gasteiger partial charge in [-0.05, 0) is 43.9 Å². The molecular weight excluding hydrogens is 234 g/mol. The molecule has 17 heavy (non-hydrogen) atoms. The summed E-state index contributed by atoms with van der Waals surface area (Å²) >= 11 is 0. The molecule has 0 spiro atoms. The molecule has 0 aliphatic heterocycles. The van der Waals surface area contributed by atoms with Crippen molar-refractivity contribution in [2.75, 3.05) is 11.5 Å². The summed E-state index contributed by atoms with van der Waals surface area (Å²) in [6.45, 7) is 3.95. The molecule has 0 aromatic carbocycles. The summed E-state index contributed by atoms with van der Waals surface area (Å²) in [7, 11) is -2.80. The second kappa shape index (κ2) is 6.74. The van der Waals surface area contributed by atoms with Crippen molar-refractivity contribution in [3.8, 4) is 0 Å². The van der Waals surface area contributed by atoms with Gasteiger partial charge in [0, 0.05) is 11.8 Å². The molecule has 0 aromatic rings. The molecule has 0 bridgehead atoms. The highest BCUT2D eigenvalue weighted by atomic mass is 32.2. The molecule has 102 valence electrons. The van der Waals surface area contributed by atoms with E-state index in [1.807, 2.05) is 0 Å². The fraction of sp³-hybridized carbons (Fsp3) is 1.00. The first kappa shape index (κ1) is 15.0. The van der Waals surface area contributed by atoms with Crippen LogP contribution in [0.3, 0.4) is 0 Å². The second-order valence-corrected chi connectivity index (χ2v) is 7.86. The minimum Gasteiger partial charge on any atom is -0.327 e. The fourth-order valence-electron chi connectivity index (χ4n) is 2.80. The van der Waals surface area contributed by atoms with Crippen molar-refractivity contribution < 1.29 is 8.42 Å². The van der Waals surface area contributed by atoms with Crippen molar-refractivity contribution in [2.45, 2.75) is 58.4 Å². The van der Waals surface area contributed by atoms with E-state index >= 15 is 0 Å². The van der Waals surface area contributed by atoms with Crippen LogP contribution in [0.1, 0.15) is 52.4 Å². The summed E-state index contributed by atoms with van der Waals surface area (Å²) in [4.78, 5) is 0. The van der Waals surface area contributed by atoms with E-state index < -0.39 is 9.84 Å². The van der Waals surface area contributed by atoms with Crippen molar-refractivity contribution in [1.82, 2.24) is 0 Å². The van der Waals surface area contributed by atoms with Crippen LogP contribution in [0, 0.1) is 11.8 Å². The van der Waals surface area contributed by atoms with E-state index in [-0.39, 0.29) is 5.75 Å². The van der Waals surface area contributed by atoms with Crippen LogP contribution >= 0.6 is 0 Å². The average Bonchev–Trinajstić information content (AvgIpc) is 2.31. The molecule has 1 fully saturated rings. The molecular formula is C13H27NO2S. The minimum atomic E-state index is -2.80. The minimum absolute atomic E-state index is 0.265. The largest absolute Gasteiger partial charge is 0.327 e. The van der Waals surface area contributed by atoms with Gasteiger partial charge in [-0.3, -0.25) is 0 Å². The third-order valence-corrected chi connectivity index (χ3v) is 5.99. The van der Waals surface area contributed by atoms with Crippen molar-refractivity contribution >= 4 is 9.84 Å². The van der Waals surface area contributed by atoms with Gasteiger partial charge < -0.3 is 5.73 Å². The number of sulfone groups is 1. The standard InChI is InChI=1S/C13H27NO2S/c1-3-11-7-8-13(14)12(10-11)6-5-9-17(15,16)4-2/h11-13H,3-10,14H2,1-2H3. The Morgan fingerprint density at radius 2 is 1.94 bits per heavy atom. The topological polar surface area (TPSA) is 60.2 Å². The van der Waals surface area contributed by atoms with E-state index in [1.165, 1.54) is 19.3 Å². The van der Waals surface area contributed by atoms with E-state index in [0.717, 1.165) is 25.2 Å². The molecule has 0 heterocycles. The Morgan fingerprint density at radius 1 is 1.24 bits per heavy atom. The molecule has 2 N–H and O–H groups in total. The average molecular weight is 261 g/mol. The zero-order chi connectivity index (χ0) is 12.9. The molecule has 0 radical (unpaired) electrons. The number of rotatable bonds is 6. The third-order valence-electron chi connectivity index (χ3n) is 4.20. The normalized spacial score (nSPS) is 30.4. The highest BCUT2D eigenvalue weighted by Gasteiger charge is 2.27. The molecule has 0 aromatic heterocycles. The lowest BCUT2D eigenvalue weighted by Gasteiger charge is -2.33. The van der Waals surface area contributed by atoms with Gasteiger partial charge in [-0.1, -0.05) is 20.3 Å². The molecule has 3 unspecified atom stereocenters. The van der Waals surface area contributed by atoms with Gasteiger partial charge in [0.25, 0.3) is 0 Å². The summed E-state index contributed by atoms with van der Waals surface area (Å²) < 4.78 is 22.8. The number of nitrogens with two attached hydrogens (primary N) is 1. The quantitative estimate of drug-likeness (QED) is 0.798. The Hall–Kier alpha value is -0.0900. The van der Waals surface area contributed by atoms with Gasteiger partial charge in [0.2, 0.25) is 0 Å². The third kappa shape index (κ3) is 4.96. The van der Waals surface area contributed by atoms with Crippen LogP contribution in [0.25, 0.3) is 0 Å². The molecule has 3 nitrogen and oxygen atoms in total. The summed E-state index contributed by atoms with van der Waals surface area (Å²) in [5.41, 5.74) is 6.13. The predicted molar refractivity (Wildman–Crippen MR) is 72.7 cm³/mol. The highest BCUT2D eigenvalue weighted by Crippen LogP contribution is 2.32. The first-order valence-electron chi connectivity index (χ1n) is 6.94. The van der Waals surface area contributed by atoms with Crippen molar-refractivity contribution in [3.63, 3.8) is 0 Å². The lowest BCUT2D eigenvalue weighted by molar-refractivity contribution is 0.217. The van der Waals surface area contributed by atoms with Gasteiger partial charge >= 0.3 is 0 Å². The maximum Gasteiger partial charge on any atom is 0.150 e. The Balaban J connectivity index is 2.34. The SMILES string of the molecule is CCC1CCC(N)C(CCCS(=O)(=O)CC)C1. The molecule has 3 atom stereocenters. The molecule has 1 aliphatic rings. The lowest BCUT2D eigenvalue weighted by atomic mass is 9.75. The van der Waals surface area contributed by atoms with Crippen molar-refractivity contribution in [2.24, 2.45) is 17.6 Å². The van der Waals surface area contributed by atoms with Gasteiger partial charge in [-0.15, -0.1) is 0 Å². The van der Waals surface area contributed by atoms with Gasteiger partial charge in [-0.2, -0.15) is 0 Å². The molecule has 0 saturated heterocycles. The Morgan fingerprint density at radius 3 is 2.53 bits per heavy atom. The van der Waals surface area contributed by atoms with Crippen LogP contribution in [-0.4, -0.2) is 26.0 Å². The van der Waals surface area contributed by atoms with Gasteiger partial charge in [-0.25, -0.2) is 8.42 Å². The van der Waals surface area contributed by atoms with Crippen LogP contribution in [0.15, 0.2) is 0 Å². The predicted octanol–water partition coefficient (Wildman–Crippen LogP) is 2.35. The molecule has 1 rings (SSSR count). The zero-order valence-corrected chi connectivity index (χ0v) is 12.0. The molecule has 0 amide bonds. The summed E-state index contributed by atoms with van der Waals surface area (Å²) in [5.74, 6) is 1.95. The van der Waals surface area contributed by atoms with E-state index in [1.54, 1.807) is 6.92 Å². The van der Waals surface area contributed by atoms with E-state index in [2.05, 4.69) is 6.92 Å². The van der Waals surface area contributed by atoms with Crippen molar-refractivity contribution in [1.29, 1.82) is 0 Å². The van der Waals surface area contributed by atoms with Gasteiger partial charge in [0.05, 0.1) is 5.75 Å². The summed E-state index contributed by atoms with van der Waals surface area (Å²) in [5, 5.41) is 0. The number of hydrogen-bond donors (Lipinski definition) is 1. The molecule has 4 heteroatoms. The number of hydrogen-bond acceptors (Lipinski definition) is 3. The second-order valence-electron chi connectivity index (χ2n) is 5.39. The monoisotopic (exact) mass is 261 g/mol. The van der Waals surface area contributed by atoms with Crippen LogP contribution < -0.4 is 5.73 Å². The van der Waals surface area contributed by atoms with E-state index in [0.29, 0.717) is 17.7 Å². The van der Waals surface area contributed by atoms with Crippen molar-refractivity contribution in [3.05, 3.63) is 0 Å². The van der Waals surface area contributed by atoms with E-state index in [9.17, 15) is 8.42 Å². The highest BCUT2D eigenvalue weighted by molar-refractivity contribution is 7.91. The van der Waals surface area contributed by atoms with Crippen LogP contribution in [-0.2, 0) is 9.84 Å². The smallest absolute Gasteiger partial charge is 0.150 e. The van der Waals surface area contributed by atoms with Crippen LogP contribution in [0.5, 0.6) is 0 Å². The lowest BCUT2D eigenvalue weighted by Crippen LogP contribution is -2.36. The molecule has 1 saturated carbocycles.